The summed E-state index contributed by atoms with van der Waals surface area (Å²) < 4.78 is 4.84. The Morgan fingerprint density at radius 1 is 1.58 bits per heavy atom. The van der Waals surface area contributed by atoms with Gasteiger partial charge in [-0.15, -0.1) is 0 Å². The van der Waals surface area contributed by atoms with Crippen LogP contribution in [-0.2, 0) is 9.53 Å². The number of aliphatic hydroxyl groups is 1. The van der Waals surface area contributed by atoms with E-state index in [9.17, 15) is 9.90 Å². The first-order chi connectivity index (χ1) is 9.02. The molecule has 3 unspecified atom stereocenters. The summed E-state index contributed by atoms with van der Waals surface area (Å²) in [5.74, 6) is -0.0132. The van der Waals surface area contributed by atoms with Crippen LogP contribution in [0.4, 0.5) is 0 Å². The minimum Gasteiger partial charge on any atom is -0.466 e. The highest BCUT2D eigenvalue weighted by molar-refractivity contribution is 5.90. The lowest BCUT2D eigenvalue weighted by molar-refractivity contribution is -0.137. The molecule has 106 valence electrons. The number of carbonyl (C=O) groups excluding carboxylic acids is 1. The molecule has 2 N–H and O–H groups in total. The monoisotopic (exact) mass is 266 g/mol. The molecule has 5 nitrogen and oxygen atoms in total. The highest BCUT2D eigenvalue weighted by Crippen LogP contribution is 2.23. The molecule has 0 bridgehead atoms. The van der Waals surface area contributed by atoms with Crippen molar-refractivity contribution in [3.05, 3.63) is 23.4 Å². The van der Waals surface area contributed by atoms with E-state index in [1.807, 2.05) is 19.2 Å². The lowest BCUT2D eigenvalue weighted by Crippen LogP contribution is -2.54. The van der Waals surface area contributed by atoms with Gasteiger partial charge in [-0.1, -0.05) is 6.92 Å². The van der Waals surface area contributed by atoms with Crippen molar-refractivity contribution in [1.82, 2.24) is 10.2 Å². The van der Waals surface area contributed by atoms with Gasteiger partial charge in [-0.25, -0.2) is 4.79 Å². The number of hydrogen-bond acceptors (Lipinski definition) is 5. The van der Waals surface area contributed by atoms with Gasteiger partial charge in [0, 0.05) is 19.3 Å². The number of aliphatic hydroxyl groups excluding tert-OH is 1. The Hall–Kier alpha value is -1.33. The molecule has 0 amide bonds. The Balaban J connectivity index is 2.15. The highest BCUT2D eigenvalue weighted by Gasteiger charge is 2.33. The predicted molar refractivity (Wildman–Crippen MR) is 72.1 cm³/mol. The summed E-state index contributed by atoms with van der Waals surface area (Å²) in [5.41, 5.74) is 1.59. The molecule has 1 saturated heterocycles. The van der Waals surface area contributed by atoms with E-state index in [-0.39, 0.29) is 18.2 Å². The highest BCUT2D eigenvalue weighted by atomic mass is 16.5. The van der Waals surface area contributed by atoms with Gasteiger partial charge in [0.1, 0.15) is 6.17 Å². The van der Waals surface area contributed by atoms with Gasteiger partial charge in [0.2, 0.25) is 0 Å². The fourth-order valence-electron chi connectivity index (χ4n) is 2.56. The van der Waals surface area contributed by atoms with Gasteiger partial charge in [-0.3, -0.25) is 4.90 Å². The summed E-state index contributed by atoms with van der Waals surface area (Å²) in [6.07, 6.45) is 4.11. The number of β-amino-alcohol motifs (C(OH)–C–C–N with tert-alkyl or cyclic N) is 1. The predicted octanol–water partition coefficient (Wildman–Crippen LogP) is 0.622. The minimum absolute atomic E-state index is 0.210. The molecule has 0 aromatic rings. The number of hydrogen-bond donors (Lipinski definition) is 2. The van der Waals surface area contributed by atoms with Crippen LogP contribution in [-0.4, -0.2) is 48.4 Å². The van der Waals surface area contributed by atoms with E-state index < -0.39 is 0 Å². The number of nitrogens with zero attached hydrogens (tertiary/aromatic N) is 1. The second kappa shape index (κ2) is 5.75. The molecule has 5 heteroatoms. The van der Waals surface area contributed by atoms with Crippen molar-refractivity contribution < 1.29 is 14.6 Å². The Kier molecular flexibility index (Phi) is 4.27. The number of likely N-dealkylation sites (tertiary alicyclic amines) is 1. The van der Waals surface area contributed by atoms with E-state index >= 15 is 0 Å². The number of esters is 1. The van der Waals surface area contributed by atoms with Crippen LogP contribution in [0.5, 0.6) is 0 Å². The largest absolute Gasteiger partial charge is 0.466 e. The topological polar surface area (TPSA) is 61.8 Å². The van der Waals surface area contributed by atoms with Crippen LogP contribution in [0.1, 0.15) is 20.3 Å². The van der Waals surface area contributed by atoms with Crippen LogP contribution in [0.25, 0.3) is 0 Å². The maximum Gasteiger partial charge on any atom is 0.337 e. The summed E-state index contributed by atoms with van der Waals surface area (Å²) in [7, 11) is 1.39. The molecule has 0 saturated carbocycles. The standard InChI is InChI=1S/C14H22N2O3/c1-9-6-11(14(18)19-3)13(15-7-9)16-5-4-10(2)12(17)8-16/h6-7,10,12-13,15,17H,4-5,8H2,1-3H3. The molecular weight excluding hydrogens is 244 g/mol. The van der Waals surface area contributed by atoms with E-state index in [1.54, 1.807) is 0 Å². The number of methoxy groups -OCH3 is 1. The van der Waals surface area contributed by atoms with Crippen LogP contribution in [0.2, 0.25) is 0 Å². The van der Waals surface area contributed by atoms with Crippen molar-refractivity contribution in [3.63, 3.8) is 0 Å². The van der Waals surface area contributed by atoms with Crippen LogP contribution in [0.3, 0.4) is 0 Å². The SMILES string of the molecule is COC(=O)C1=CC(C)=CNC1N1CCC(C)C(O)C1. The summed E-state index contributed by atoms with van der Waals surface area (Å²) >= 11 is 0. The number of rotatable bonds is 2. The summed E-state index contributed by atoms with van der Waals surface area (Å²) in [5, 5.41) is 13.2. The third kappa shape index (κ3) is 2.98. The molecular formula is C14H22N2O3. The Morgan fingerprint density at radius 2 is 2.32 bits per heavy atom. The molecule has 2 rings (SSSR count). The van der Waals surface area contributed by atoms with Gasteiger partial charge in [-0.05, 0) is 30.9 Å². The van der Waals surface area contributed by atoms with E-state index in [2.05, 4.69) is 17.1 Å². The first-order valence-corrected chi connectivity index (χ1v) is 6.67. The number of piperidine rings is 1. The van der Waals surface area contributed by atoms with Crippen molar-refractivity contribution in [2.75, 3.05) is 20.2 Å². The van der Waals surface area contributed by atoms with E-state index in [4.69, 9.17) is 4.74 Å². The molecule has 2 aliphatic heterocycles. The molecule has 3 atom stereocenters. The molecule has 1 fully saturated rings. The minimum atomic E-state index is -0.346. The summed E-state index contributed by atoms with van der Waals surface area (Å²) in [6, 6.07) is 0. The molecule has 0 aromatic carbocycles. The average Bonchev–Trinajstić information content (AvgIpc) is 2.41. The van der Waals surface area contributed by atoms with Crippen molar-refractivity contribution in [2.24, 2.45) is 5.92 Å². The molecule has 0 spiro atoms. The van der Waals surface area contributed by atoms with Gasteiger partial charge in [0.05, 0.1) is 18.8 Å². The van der Waals surface area contributed by atoms with Crippen molar-refractivity contribution in [3.8, 4) is 0 Å². The van der Waals surface area contributed by atoms with Gasteiger partial charge in [0.15, 0.2) is 0 Å². The number of nitrogens with one attached hydrogen (secondary N) is 1. The van der Waals surface area contributed by atoms with Crippen LogP contribution >= 0.6 is 0 Å². The number of ether oxygens (including phenoxy) is 1. The molecule has 0 aliphatic carbocycles. The van der Waals surface area contributed by atoms with Gasteiger partial charge in [-0.2, -0.15) is 0 Å². The van der Waals surface area contributed by atoms with E-state index in [0.717, 1.165) is 18.5 Å². The van der Waals surface area contributed by atoms with Gasteiger partial charge < -0.3 is 15.2 Å². The number of dihydropyridines is 1. The molecule has 19 heavy (non-hydrogen) atoms. The van der Waals surface area contributed by atoms with Crippen LogP contribution < -0.4 is 5.32 Å². The molecule has 0 radical (unpaired) electrons. The third-order valence-electron chi connectivity index (χ3n) is 3.88. The maximum atomic E-state index is 11.9. The van der Waals surface area contributed by atoms with Gasteiger partial charge in [0.25, 0.3) is 0 Å². The fourth-order valence-corrected chi connectivity index (χ4v) is 2.56. The second-order valence-electron chi connectivity index (χ2n) is 5.38. The van der Waals surface area contributed by atoms with Crippen LogP contribution in [0.15, 0.2) is 23.4 Å². The Labute approximate surface area is 113 Å². The third-order valence-corrected chi connectivity index (χ3v) is 3.88. The van der Waals surface area contributed by atoms with E-state index in [1.165, 1.54) is 7.11 Å². The lowest BCUT2D eigenvalue weighted by Gasteiger charge is -2.40. The second-order valence-corrected chi connectivity index (χ2v) is 5.38. The molecule has 2 aliphatic rings. The van der Waals surface area contributed by atoms with Crippen LogP contribution in [0, 0.1) is 5.92 Å². The summed E-state index contributed by atoms with van der Waals surface area (Å²) in [4.78, 5) is 14.0. The van der Waals surface area contributed by atoms with Crippen molar-refractivity contribution >= 4 is 5.97 Å². The molecule has 2 heterocycles. The Morgan fingerprint density at radius 3 is 2.95 bits per heavy atom. The zero-order valence-electron chi connectivity index (χ0n) is 11.7. The summed E-state index contributed by atoms with van der Waals surface area (Å²) in [6.45, 7) is 5.41. The first-order valence-electron chi connectivity index (χ1n) is 6.67. The fraction of sp³-hybridized carbons (Fsp3) is 0.643. The normalized spacial score (nSPS) is 32.1. The van der Waals surface area contributed by atoms with Crippen molar-refractivity contribution in [2.45, 2.75) is 32.5 Å². The molecule has 0 aromatic heterocycles. The number of carbonyl (C=O) groups is 1. The maximum absolute atomic E-state index is 11.9. The zero-order chi connectivity index (χ0) is 14.0. The number of allylic oxidation sites excluding steroid dienone is 2. The van der Waals surface area contributed by atoms with Gasteiger partial charge >= 0.3 is 5.97 Å². The zero-order valence-corrected chi connectivity index (χ0v) is 11.7. The first kappa shape index (κ1) is 14.1. The lowest BCUT2D eigenvalue weighted by atomic mass is 9.94. The smallest absolute Gasteiger partial charge is 0.337 e. The van der Waals surface area contributed by atoms with E-state index in [0.29, 0.717) is 18.0 Å². The quantitative estimate of drug-likeness (QED) is 0.718. The van der Waals surface area contributed by atoms with Crippen molar-refractivity contribution in [1.29, 1.82) is 0 Å². The average molecular weight is 266 g/mol. The Bertz CT molecular complexity index is 417.